The number of hydrogen-bond donors (Lipinski definition) is 1. The van der Waals surface area contributed by atoms with E-state index in [2.05, 4.69) is 71.5 Å². The van der Waals surface area contributed by atoms with E-state index in [1.54, 1.807) is 0 Å². The van der Waals surface area contributed by atoms with Crippen molar-refractivity contribution in [1.82, 2.24) is 4.98 Å². The number of nitrogens with zero attached hydrogens (tertiary/aromatic N) is 2. The topological polar surface area (TPSA) is 96.0 Å². The molecule has 1 amide bonds. The number of pyridine rings is 1. The van der Waals surface area contributed by atoms with E-state index in [1.165, 1.54) is 5.56 Å². The molecule has 3 aromatic carbocycles. The Morgan fingerprint density at radius 3 is 2.55 bits per heavy atom. The normalized spacial score (nSPS) is 17.3. The van der Waals surface area contributed by atoms with Crippen molar-refractivity contribution in [2.45, 2.75) is 82.5 Å². The average Bonchev–Trinajstić information content (AvgIpc) is 3.69. The summed E-state index contributed by atoms with van der Waals surface area (Å²) in [4.78, 5) is 21.4. The van der Waals surface area contributed by atoms with Gasteiger partial charge in [-0.3, -0.25) is 9.78 Å². The fourth-order valence-electron chi connectivity index (χ4n) is 6.92. The van der Waals surface area contributed by atoms with Crippen molar-refractivity contribution in [3.05, 3.63) is 107 Å². The van der Waals surface area contributed by atoms with Crippen LogP contribution in [0.2, 0.25) is 0 Å². The largest absolute Gasteiger partial charge is 0.611 e. The van der Waals surface area contributed by atoms with Crippen LogP contribution in [0.25, 0.3) is 17.2 Å². The summed E-state index contributed by atoms with van der Waals surface area (Å²) in [6.45, 7) is 10.6. The van der Waals surface area contributed by atoms with Crippen LogP contribution in [-0.2, 0) is 37.6 Å². The molecule has 280 valence electrons. The second-order valence-electron chi connectivity index (χ2n) is 13.9. The molecule has 53 heavy (non-hydrogen) atoms. The molecule has 6 rings (SSSR count). The number of aryl methyl sites for hydroxylation is 2. The second-order valence-corrected chi connectivity index (χ2v) is 15.3. The second kappa shape index (κ2) is 19.3. The van der Waals surface area contributed by atoms with Crippen LogP contribution in [0.15, 0.2) is 89.5 Å². The first-order valence-electron chi connectivity index (χ1n) is 19.2. The molecule has 1 N–H and O–H groups in total. The Kier molecular flexibility index (Phi) is 14.0. The SMILES string of the molecule is CCCCOCCOc1ccc(-c2ccc3c(c2)/C=C(/C(=O)Nc2ccc([S@+]([O-])Cc4cnc(C)cc4CC)cc2)CCCN3C[C@@H]2CCCO2)cc1. The molecule has 8 nitrogen and oxygen atoms in total. The molecule has 3 heterocycles. The number of aromatic nitrogens is 1. The number of hydrogen-bond acceptors (Lipinski definition) is 7. The number of ether oxygens (including phenoxy) is 3. The predicted molar refractivity (Wildman–Crippen MR) is 215 cm³/mol. The first-order chi connectivity index (χ1) is 25.9. The summed E-state index contributed by atoms with van der Waals surface area (Å²) in [6, 6.07) is 24.1. The minimum Gasteiger partial charge on any atom is -0.611 e. The number of rotatable bonds is 16. The first-order valence-corrected chi connectivity index (χ1v) is 20.5. The van der Waals surface area contributed by atoms with E-state index >= 15 is 0 Å². The summed E-state index contributed by atoms with van der Waals surface area (Å²) in [5, 5.41) is 3.11. The standard InChI is InChI=1S/C44H53N3O5S/c1-4-6-22-50-24-25-52-40-16-11-34(12-17-40)35-13-20-43-37(27-35)28-36(9-7-21-47(43)30-41-10-8-23-51-41)44(48)46-39-14-18-42(19-15-39)53(49)31-38-29-45-32(3)26-33(38)5-2/h11-20,26-29,41H,4-10,21-25,30-31H2,1-3H3,(H,46,48)/b36-28+/t41-,53+/m0/s1. The Hall–Kier alpha value is -4.15. The van der Waals surface area contributed by atoms with Gasteiger partial charge in [-0.15, -0.1) is 0 Å². The lowest BCUT2D eigenvalue weighted by molar-refractivity contribution is -0.112. The summed E-state index contributed by atoms with van der Waals surface area (Å²) in [6.07, 6.45) is 10.8. The smallest absolute Gasteiger partial charge is 0.251 e. The van der Waals surface area contributed by atoms with Gasteiger partial charge in [0.05, 0.1) is 12.7 Å². The van der Waals surface area contributed by atoms with Crippen molar-refractivity contribution in [2.75, 3.05) is 49.7 Å². The Morgan fingerprint density at radius 1 is 0.981 bits per heavy atom. The zero-order valence-electron chi connectivity index (χ0n) is 31.4. The number of benzene rings is 3. The Morgan fingerprint density at radius 2 is 1.79 bits per heavy atom. The monoisotopic (exact) mass is 735 g/mol. The van der Waals surface area contributed by atoms with Gasteiger partial charge in [0.15, 0.2) is 4.90 Å². The molecule has 0 aliphatic carbocycles. The maximum atomic E-state index is 13.8. The molecule has 9 heteroatoms. The van der Waals surface area contributed by atoms with Crippen LogP contribution in [0.1, 0.15) is 74.8 Å². The zero-order valence-corrected chi connectivity index (χ0v) is 32.2. The highest BCUT2D eigenvalue weighted by atomic mass is 32.2. The highest BCUT2D eigenvalue weighted by Gasteiger charge is 2.24. The predicted octanol–water partition coefficient (Wildman–Crippen LogP) is 8.92. The van der Waals surface area contributed by atoms with Crippen molar-refractivity contribution in [3.8, 4) is 16.9 Å². The summed E-state index contributed by atoms with van der Waals surface area (Å²) in [7, 11) is 0. The van der Waals surface area contributed by atoms with Gasteiger partial charge in [0, 0.05) is 60.7 Å². The summed E-state index contributed by atoms with van der Waals surface area (Å²) in [5.74, 6) is 1.10. The Labute approximate surface area is 318 Å². The van der Waals surface area contributed by atoms with Gasteiger partial charge in [-0.25, -0.2) is 0 Å². The molecule has 1 aromatic heterocycles. The van der Waals surface area contributed by atoms with Gasteiger partial charge >= 0.3 is 0 Å². The number of fused-ring (bicyclic) bond motifs is 1. The molecule has 0 saturated carbocycles. The van der Waals surface area contributed by atoms with Crippen molar-refractivity contribution in [2.24, 2.45) is 0 Å². The van der Waals surface area contributed by atoms with Gasteiger partial charge in [0.2, 0.25) is 0 Å². The van der Waals surface area contributed by atoms with E-state index in [-0.39, 0.29) is 12.0 Å². The van der Waals surface area contributed by atoms with Crippen LogP contribution in [0.3, 0.4) is 0 Å². The van der Waals surface area contributed by atoms with E-state index in [1.807, 2.05) is 49.5 Å². The molecule has 0 spiro atoms. The van der Waals surface area contributed by atoms with Crippen LogP contribution in [0, 0.1) is 6.92 Å². The maximum absolute atomic E-state index is 13.8. The minimum atomic E-state index is -1.23. The van der Waals surface area contributed by atoms with Gasteiger partial charge < -0.3 is 29.0 Å². The summed E-state index contributed by atoms with van der Waals surface area (Å²) in [5.41, 5.74) is 8.83. The van der Waals surface area contributed by atoms with E-state index in [9.17, 15) is 9.35 Å². The minimum absolute atomic E-state index is 0.124. The van der Waals surface area contributed by atoms with Gasteiger partial charge in [0.25, 0.3) is 5.91 Å². The lowest BCUT2D eigenvalue weighted by Crippen LogP contribution is -2.34. The van der Waals surface area contributed by atoms with Crippen molar-refractivity contribution < 1.29 is 23.6 Å². The number of unbranched alkanes of at least 4 members (excludes halogenated alkanes) is 1. The molecule has 4 aromatic rings. The average molecular weight is 736 g/mol. The quantitative estimate of drug-likeness (QED) is 0.0907. The highest BCUT2D eigenvalue weighted by Crippen LogP contribution is 2.34. The van der Waals surface area contributed by atoms with Crippen molar-refractivity contribution in [1.29, 1.82) is 0 Å². The van der Waals surface area contributed by atoms with Crippen LogP contribution in [0.5, 0.6) is 5.75 Å². The Bertz CT molecular complexity index is 1820. The van der Waals surface area contributed by atoms with E-state index < -0.39 is 11.2 Å². The molecule has 1 saturated heterocycles. The van der Waals surface area contributed by atoms with Crippen LogP contribution in [-0.4, -0.2) is 61.1 Å². The number of carbonyl (C=O) groups excluding carboxylic acids is 1. The molecule has 2 atom stereocenters. The highest BCUT2D eigenvalue weighted by molar-refractivity contribution is 7.90. The van der Waals surface area contributed by atoms with E-state index in [4.69, 9.17) is 14.2 Å². The van der Waals surface area contributed by atoms with E-state index in [0.29, 0.717) is 31.1 Å². The third-order valence-corrected chi connectivity index (χ3v) is 11.3. The summed E-state index contributed by atoms with van der Waals surface area (Å²) >= 11 is -1.23. The van der Waals surface area contributed by atoms with Crippen molar-refractivity contribution >= 4 is 34.5 Å². The zero-order chi connectivity index (χ0) is 37.0. The lowest BCUT2D eigenvalue weighted by Gasteiger charge is -2.31. The number of anilines is 2. The first kappa shape index (κ1) is 38.6. The number of carbonyl (C=O) groups is 1. The van der Waals surface area contributed by atoms with Crippen LogP contribution in [0.4, 0.5) is 11.4 Å². The maximum Gasteiger partial charge on any atom is 0.251 e. The van der Waals surface area contributed by atoms with E-state index in [0.717, 1.165) is 115 Å². The van der Waals surface area contributed by atoms with Gasteiger partial charge in [0.1, 0.15) is 18.1 Å². The fraction of sp³-hybridized carbons (Fsp3) is 0.409. The van der Waals surface area contributed by atoms with Gasteiger partial charge in [-0.2, -0.15) is 0 Å². The molecule has 0 unspecified atom stereocenters. The van der Waals surface area contributed by atoms with Gasteiger partial charge in [-0.05, 0) is 140 Å². The Balaban J connectivity index is 1.17. The molecule has 1 fully saturated rings. The lowest BCUT2D eigenvalue weighted by atomic mass is 9.96. The molecular weight excluding hydrogens is 683 g/mol. The molecular formula is C44H53N3O5S. The van der Waals surface area contributed by atoms with Crippen LogP contribution < -0.4 is 15.0 Å². The molecule has 2 aliphatic rings. The van der Waals surface area contributed by atoms with Gasteiger partial charge in [-0.1, -0.05) is 38.5 Å². The molecule has 0 radical (unpaired) electrons. The molecule has 2 aliphatic heterocycles. The summed E-state index contributed by atoms with van der Waals surface area (Å²) < 4.78 is 30.8. The third kappa shape index (κ3) is 10.7. The van der Waals surface area contributed by atoms with Crippen LogP contribution >= 0.6 is 0 Å². The number of amides is 1. The third-order valence-electron chi connectivity index (χ3n) is 9.90. The molecule has 0 bridgehead atoms. The number of nitrogens with one attached hydrogen (secondary N) is 1. The fourth-order valence-corrected chi connectivity index (χ4v) is 8.07. The van der Waals surface area contributed by atoms with Crippen molar-refractivity contribution in [3.63, 3.8) is 0 Å².